The molecule has 1 aliphatic rings. The van der Waals surface area contributed by atoms with E-state index in [2.05, 4.69) is 25.2 Å². The van der Waals surface area contributed by atoms with E-state index in [1.165, 1.54) is 12.8 Å². The van der Waals surface area contributed by atoms with E-state index in [0.717, 1.165) is 24.3 Å². The maximum atomic E-state index is 6.06. The lowest BCUT2D eigenvalue weighted by Gasteiger charge is -2.44. The molecular weight excluding hydrogens is 236 g/mol. The van der Waals surface area contributed by atoms with Crippen molar-refractivity contribution in [2.24, 2.45) is 11.1 Å². The average molecular weight is 262 g/mol. The molecule has 0 amide bonds. The van der Waals surface area contributed by atoms with Gasteiger partial charge >= 0.3 is 0 Å². The second-order valence-electron chi connectivity index (χ2n) is 6.47. The van der Waals surface area contributed by atoms with Gasteiger partial charge in [0, 0.05) is 12.1 Å². The van der Waals surface area contributed by atoms with Crippen molar-refractivity contribution in [2.75, 3.05) is 19.0 Å². The fourth-order valence-electron chi connectivity index (χ4n) is 2.82. The first-order valence-electron chi connectivity index (χ1n) is 7.12. The lowest BCUT2D eigenvalue weighted by atomic mass is 9.69. The minimum absolute atomic E-state index is 0.0180. The molecular formula is C16H26N2O. The van der Waals surface area contributed by atoms with Crippen LogP contribution < -0.4 is 15.8 Å². The summed E-state index contributed by atoms with van der Waals surface area (Å²) in [6.45, 7) is 5.36. The zero-order valence-corrected chi connectivity index (χ0v) is 12.3. The molecule has 0 atom stereocenters. The van der Waals surface area contributed by atoms with Crippen LogP contribution in [0.15, 0.2) is 24.3 Å². The standard InChI is InChI=1S/C16H26N2O/c1-15(2)8-10-16(12-17,11-9-15)18-13-6-4-5-7-14(13)19-3/h4-7,18H,8-12,17H2,1-3H3. The van der Waals surface area contributed by atoms with Crippen molar-refractivity contribution in [3.63, 3.8) is 0 Å². The molecule has 1 aromatic rings. The normalized spacial score (nSPS) is 20.8. The van der Waals surface area contributed by atoms with Crippen LogP contribution in [0.2, 0.25) is 0 Å². The van der Waals surface area contributed by atoms with Gasteiger partial charge in [0.1, 0.15) is 5.75 Å². The fourth-order valence-corrected chi connectivity index (χ4v) is 2.82. The van der Waals surface area contributed by atoms with Gasteiger partial charge in [0.15, 0.2) is 0 Å². The van der Waals surface area contributed by atoms with Crippen molar-refractivity contribution in [3.8, 4) is 5.75 Å². The third-order valence-electron chi connectivity index (χ3n) is 4.46. The third-order valence-corrected chi connectivity index (χ3v) is 4.46. The molecule has 3 N–H and O–H groups in total. The molecule has 1 saturated carbocycles. The lowest BCUT2D eigenvalue weighted by Crippen LogP contribution is -2.49. The number of nitrogens with two attached hydrogens (primary N) is 1. The molecule has 0 spiro atoms. The highest BCUT2D eigenvalue weighted by molar-refractivity contribution is 5.57. The molecule has 0 saturated heterocycles. The summed E-state index contributed by atoms with van der Waals surface area (Å²) >= 11 is 0. The summed E-state index contributed by atoms with van der Waals surface area (Å²) in [6.07, 6.45) is 4.67. The van der Waals surface area contributed by atoms with Gasteiger partial charge in [-0.05, 0) is 43.2 Å². The minimum atomic E-state index is 0.0180. The van der Waals surface area contributed by atoms with E-state index in [9.17, 15) is 0 Å². The van der Waals surface area contributed by atoms with Crippen LogP contribution >= 0.6 is 0 Å². The maximum absolute atomic E-state index is 6.06. The van der Waals surface area contributed by atoms with Crippen LogP contribution in [-0.4, -0.2) is 19.2 Å². The first-order chi connectivity index (χ1) is 9.00. The molecule has 1 fully saturated rings. The van der Waals surface area contributed by atoms with Gasteiger partial charge < -0.3 is 15.8 Å². The zero-order chi connectivity index (χ0) is 13.9. The summed E-state index contributed by atoms with van der Waals surface area (Å²) in [5, 5.41) is 3.65. The second kappa shape index (κ2) is 5.41. The summed E-state index contributed by atoms with van der Waals surface area (Å²) in [5.74, 6) is 0.889. The Bertz CT molecular complexity index is 419. The van der Waals surface area contributed by atoms with E-state index < -0.39 is 0 Å². The van der Waals surface area contributed by atoms with Gasteiger partial charge in [0.2, 0.25) is 0 Å². The first-order valence-corrected chi connectivity index (χ1v) is 7.12. The maximum Gasteiger partial charge on any atom is 0.141 e. The third kappa shape index (κ3) is 3.21. The van der Waals surface area contributed by atoms with Crippen LogP contribution in [0, 0.1) is 5.41 Å². The van der Waals surface area contributed by atoms with Crippen molar-refractivity contribution < 1.29 is 4.74 Å². The largest absolute Gasteiger partial charge is 0.495 e. The quantitative estimate of drug-likeness (QED) is 0.874. The second-order valence-corrected chi connectivity index (χ2v) is 6.47. The van der Waals surface area contributed by atoms with Crippen LogP contribution in [0.5, 0.6) is 5.75 Å². The Morgan fingerprint density at radius 3 is 2.37 bits per heavy atom. The number of hydrogen-bond donors (Lipinski definition) is 2. The molecule has 1 aliphatic carbocycles. The molecule has 2 rings (SSSR count). The van der Waals surface area contributed by atoms with Crippen LogP contribution in [0.4, 0.5) is 5.69 Å². The zero-order valence-electron chi connectivity index (χ0n) is 12.3. The summed E-state index contributed by atoms with van der Waals surface area (Å²) < 4.78 is 5.41. The van der Waals surface area contributed by atoms with Crippen LogP contribution in [-0.2, 0) is 0 Å². The Labute approximate surface area is 116 Å². The predicted octanol–water partition coefficient (Wildman–Crippen LogP) is 3.40. The minimum Gasteiger partial charge on any atom is -0.495 e. The monoisotopic (exact) mass is 262 g/mol. The topological polar surface area (TPSA) is 47.3 Å². The average Bonchev–Trinajstić information content (AvgIpc) is 2.42. The molecule has 0 unspecified atom stereocenters. The molecule has 0 aliphatic heterocycles. The number of para-hydroxylation sites is 2. The van der Waals surface area contributed by atoms with E-state index >= 15 is 0 Å². The number of hydrogen-bond acceptors (Lipinski definition) is 3. The van der Waals surface area contributed by atoms with Crippen molar-refractivity contribution in [1.29, 1.82) is 0 Å². The Morgan fingerprint density at radius 2 is 1.79 bits per heavy atom. The molecule has 0 aromatic heterocycles. The van der Waals surface area contributed by atoms with E-state index in [0.29, 0.717) is 12.0 Å². The molecule has 3 heteroatoms. The van der Waals surface area contributed by atoms with Gasteiger partial charge in [-0.25, -0.2) is 0 Å². The number of rotatable bonds is 4. The molecule has 106 valence electrons. The van der Waals surface area contributed by atoms with E-state index in [1.807, 2.05) is 18.2 Å². The highest BCUT2D eigenvalue weighted by Crippen LogP contribution is 2.42. The number of nitrogens with one attached hydrogen (secondary N) is 1. The molecule has 19 heavy (non-hydrogen) atoms. The van der Waals surface area contributed by atoms with E-state index in [-0.39, 0.29) is 5.54 Å². The van der Waals surface area contributed by atoms with Gasteiger partial charge in [0.25, 0.3) is 0 Å². The van der Waals surface area contributed by atoms with Crippen LogP contribution in [0.1, 0.15) is 39.5 Å². The fraction of sp³-hybridized carbons (Fsp3) is 0.625. The van der Waals surface area contributed by atoms with Crippen LogP contribution in [0.3, 0.4) is 0 Å². The SMILES string of the molecule is COc1ccccc1NC1(CN)CCC(C)(C)CC1. The van der Waals surface area contributed by atoms with Crippen molar-refractivity contribution in [2.45, 2.75) is 45.1 Å². The Morgan fingerprint density at radius 1 is 1.16 bits per heavy atom. The molecule has 0 radical (unpaired) electrons. The number of anilines is 1. The Balaban J connectivity index is 2.15. The molecule has 0 bridgehead atoms. The predicted molar refractivity (Wildman–Crippen MR) is 80.7 cm³/mol. The van der Waals surface area contributed by atoms with Crippen molar-refractivity contribution >= 4 is 5.69 Å². The number of benzene rings is 1. The van der Waals surface area contributed by atoms with Gasteiger partial charge in [0.05, 0.1) is 12.8 Å². The van der Waals surface area contributed by atoms with Gasteiger partial charge in [-0.15, -0.1) is 0 Å². The highest BCUT2D eigenvalue weighted by atomic mass is 16.5. The van der Waals surface area contributed by atoms with Gasteiger partial charge in [-0.2, -0.15) is 0 Å². The van der Waals surface area contributed by atoms with Gasteiger partial charge in [-0.3, -0.25) is 0 Å². The van der Waals surface area contributed by atoms with E-state index in [1.54, 1.807) is 7.11 Å². The number of ether oxygens (including phenoxy) is 1. The smallest absolute Gasteiger partial charge is 0.141 e. The van der Waals surface area contributed by atoms with Crippen molar-refractivity contribution in [1.82, 2.24) is 0 Å². The summed E-state index contributed by atoms with van der Waals surface area (Å²) in [7, 11) is 1.71. The van der Waals surface area contributed by atoms with Gasteiger partial charge in [-0.1, -0.05) is 26.0 Å². The molecule has 3 nitrogen and oxygen atoms in total. The Hall–Kier alpha value is -1.22. The summed E-state index contributed by atoms with van der Waals surface area (Å²) in [5.41, 5.74) is 7.58. The van der Waals surface area contributed by atoms with E-state index in [4.69, 9.17) is 10.5 Å². The molecule has 1 aromatic carbocycles. The molecule has 0 heterocycles. The summed E-state index contributed by atoms with van der Waals surface area (Å²) in [4.78, 5) is 0. The lowest BCUT2D eigenvalue weighted by molar-refractivity contribution is 0.182. The number of methoxy groups -OCH3 is 1. The van der Waals surface area contributed by atoms with Crippen LogP contribution in [0.25, 0.3) is 0 Å². The summed E-state index contributed by atoms with van der Waals surface area (Å²) in [6, 6.07) is 8.07. The van der Waals surface area contributed by atoms with Crippen molar-refractivity contribution in [3.05, 3.63) is 24.3 Å². The first kappa shape index (κ1) is 14.2. The Kier molecular flexibility index (Phi) is 4.04. The highest BCUT2D eigenvalue weighted by Gasteiger charge is 2.37.